The summed E-state index contributed by atoms with van der Waals surface area (Å²) in [5.41, 5.74) is 0.735. The lowest BCUT2D eigenvalue weighted by atomic mass is 10.2. The van der Waals surface area contributed by atoms with Crippen LogP contribution in [-0.4, -0.2) is 44.8 Å². The minimum absolute atomic E-state index is 0.278. The third-order valence-corrected chi connectivity index (χ3v) is 4.63. The van der Waals surface area contributed by atoms with E-state index in [-0.39, 0.29) is 6.10 Å². The fourth-order valence-corrected chi connectivity index (χ4v) is 3.05. The Balaban J connectivity index is 2.84. The number of amidine groups is 1. The van der Waals surface area contributed by atoms with Crippen molar-refractivity contribution in [3.8, 4) is 5.75 Å². The van der Waals surface area contributed by atoms with Crippen LogP contribution in [0.25, 0.3) is 0 Å². The molecule has 0 aliphatic rings. The van der Waals surface area contributed by atoms with Crippen molar-refractivity contribution >= 4 is 26.3 Å². The minimum atomic E-state index is -3.75. The molecule has 25 heavy (non-hydrogen) atoms. The van der Waals surface area contributed by atoms with Crippen molar-refractivity contribution in [2.75, 3.05) is 14.2 Å². The van der Waals surface area contributed by atoms with Gasteiger partial charge in [0.15, 0.2) is 5.84 Å². The van der Waals surface area contributed by atoms with Gasteiger partial charge in [-0.1, -0.05) is 0 Å². The molecule has 1 rings (SSSR count). The summed E-state index contributed by atoms with van der Waals surface area (Å²) in [4.78, 5) is 19.6. The van der Waals surface area contributed by atoms with E-state index >= 15 is 0 Å². The first-order valence-corrected chi connectivity index (χ1v) is 9.16. The summed E-state index contributed by atoms with van der Waals surface area (Å²) in [5, 5.41) is 2.54. The molecule has 1 aromatic rings. The lowest BCUT2D eigenvalue weighted by Crippen LogP contribution is -2.36. The summed E-state index contributed by atoms with van der Waals surface area (Å²) in [5.74, 6) is 0.224. The van der Waals surface area contributed by atoms with Gasteiger partial charge in [-0.25, -0.2) is 9.56 Å². The number of esters is 1. The Morgan fingerprint density at radius 2 is 1.84 bits per heavy atom. The van der Waals surface area contributed by atoms with Crippen molar-refractivity contribution in [3.05, 3.63) is 29.8 Å². The van der Waals surface area contributed by atoms with E-state index in [0.717, 1.165) is 5.56 Å². The minimum Gasteiger partial charge on any atom is -0.462 e. The standard InChI is InChI=1S/C16H24N3O5P/c1-11(2)23-16(20)12(3)19-25(21,22-6)24-14-9-7-13(8-10-14)15(17-4)18-5/h7-12H,4H2,1-3,5-6H3,(H,19,21). The fourth-order valence-electron chi connectivity index (χ4n) is 1.84. The zero-order valence-corrected chi connectivity index (χ0v) is 15.9. The highest BCUT2D eigenvalue weighted by molar-refractivity contribution is 7.52. The van der Waals surface area contributed by atoms with E-state index in [2.05, 4.69) is 21.8 Å². The highest BCUT2D eigenvalue weighted by atomic mass is 31.2. The summed E-state index contributed by atoms with van der Waals surface area (Å²) in [6.07, 6.45) is -0.278. The molecule has 0 saturated carbocycles. The quantitative estimate of drug-likeness (QED) is 0.327. The molecule has 1 aromatic carbocycles. The molecule has 9 heteroatoms. The molecule has 1 N–H and O–H groups in total. The first kappa shape index (κ1) is 21.0. The van der Waals surface area contributed by atoms with Crippen LogP contribution in [0.2, 0.25) is 0 Å². The summed E-state index contributed by atoms with van der Waals surface area (Å²) in [6, 6.07) is 5.72. The summed E-state index contributed by atoms with van der Waals surface area (Å²) < 4.78 is 28.1. The molecule has 2 unspecified atom stereocenters. The SMILES string of the molecule is C=NC(=NC)c1ccc(OP(=O)(NC(C)C(=O)OC(C)C)OC)cc1. The monoisotopic (exact) mass is 369 g/mol. The number of carbonyl (C=O) groups is 1. The van der Waals surface area contributed by atoms with Crippen molar-refractivity contribution in [3.63, 3.8) is 0 Å². The Morgan fingerprint density at radius 1 is 1.24 bits per heavy atom. The van der Waals surface area contributed by atoms with Gasteiger partial charge in [-0.15, -0.1) is 0 Å². The van der Waals surface area contributed by atoms with Gasteiger partial charge in [0, 0.05) is 19.7 Å². The predicted molar refractivity (Wildman–Crippen MR) is 97.5 cm³/mol. The molecule has 0 heterocycles. The first-order chi connectivity index (χ1) is 11.7. The second kappa shape index (κ2) is 9.46. The van der Waals surface area contributed by atoms with Gasteiger partial charge in [-0.2, -0.15) is 5.09 Å². The summed E-state index contributed by atoms with van der Waals surface area (Å²) in [6.45, 7) is 8.41. The fraction of sp³-hybridized carbons (Fsp3) is 0.438. The molecule has 0 amide bonds. The number of nitrogens with one attached hydrogen (secondary N) is 1. The van der Waals surface area contributed by atoms with Crippen LogP contribution in [0.5, 0.6) is 5.75 Å². The van der Waals surface area contributed by atoms with Crippen LogP contribution in [-0.2, 0) is 18.6 Å². The molecule has 0 radical (unpaired) electrons. The number of hydrogen-bond acceptors (Lipinski definition) is 6. The molecule has 0 aliphatic carbocycles. The maximum Gasteiger partial charge on any atom is 0.459 e. The molecular formula is C16H24N3O5P. The van der Waals surface area contributed by atoms with Gasteiger partial charge < -0.3 is 9.26 Å². The Labute approximate surface area is 147 Å². The maximum atomic E-state index is 12.7. The van der Waals surface area contributed by atoms with Gasteiger partial charge in [0.2, 0.25) is 0 Å². The Morgan fingerprint density at radius 3 is 2.28 bits per heavy atom. The van der Waals surface area contributed by atoms with Gasteiger partial charge >= 0.3 is 13.7 Å². The van der Waals surface area contributed by atoms with Gasteiger partial charge in [-0.3, -0.25) is 14.3 Å². The summed E-state index contributed by atoms with van der Waals surface area (Å²) >= 11 is 0. The lowest BCUT2D eigenvalue weighted by molar-refractivity contribution is -0.149. The van der Waals surface area contributed by atoms with Crippen molar-refractivity contribution in [2.24, 2.45) is 9.98 Å². The number of benzene rings is 1. The average Bonchev–Trinajstić information content (AvgIpc) is 2.56. The smallest absolute Gasteiger partial charge is 0.459 e. The van der Waals surface area contributed by atoms with E-state index in [1.165, 1.54) is 14.0 Å². The van der Waals surface area contributed by atoms with Crippen LogP contribution in [0.3, 0.4) is 0 Å². The number of rotatable bonds is 8. The molecule has 0 bridgehead atoms. The molecule has 0 spiro atoms. The van der Waals surface area contributed by atoms with Crippen molar-refractivity contribution < 1.29 is 23.1 Å². The highest BCUT2D eigenvalue weighted by Gasteiger charge is 2.31. The van der Waals surface area contributed by atoms with Crippen molar-refractivity contribution in [1.29, 1.82) is 0 Å². The largest absolute Gasteiger partial charge is 0.462 e. The number of carbonyl (C=O) groups excluding carboxylic acids is 1. The Kier molecular flexibility index (Phi) is 7.96. The third kappa shape index (κ3) is 6.42. The van der Waals surface area contributed by atoms with Gasteiger partial charge in [0.1, 0.15) is 11.8 Å². The third-order valence-electron chi connectivity index (χ3n) is 3.00. The van der Waals surface area contributed by atoms with E-state index in [1.54, 1.807) is 45.2 Å². The second-order valence-corrected chi connectivity index (χ2v) is 7.14. The number of aliphatic imine (C=N–C) groups is 2. The molecule has 0 aliphatic heterocycles. The molecule has 2 atom stereocenters. The average molecular weight is 369 g/mol. The Bertz CT molecular complexity index is 673. The molecular weight excluding hydrogens is 345 g/mol. The van der Waals surface area contributed by atoms with Crippen LogP contribution < -0.4 is 9.61 Å². The summed E-state index contributed by atoms with van der Waals surface area (Å²) in [7, 11) is -0.911. The maximum absolute atomic E-state index is 12.7. The predicted octanol–water partition coefficient (Wildman–Crippen LogP) is 2.83. The molecule has 0 aromatic heterocycles. The van der Waals surface area contributed by atoms with E-state index in [1.807, 2.05) is 0 Å². The van der Waals surface area contributed by atoms with Crippen LogP contribution in [0.15, 0.2) is 34.3 Å². The van der Waals surface area contributed by atoms with Gasteiger partial charge in [-0.05, 0) is 51.8 Å². The van der Waals surface area contributed by atoms with Gasteiger partial charge in [0.25, 0.3) is 0 Å². The Hall–Kier alpha value is -2.02. The van der Waals surface area contributed by atoms with Crippen LogP contribution >= 0.6 is 7.75 Å². The molecule has 138 valence electrons. The van der Waals surface area contributed by atoms with E-state index < -0.39 is 19.8 Å². The van der Waals surface area contributed by atoms with Crippen LogP contribution in [0.4, 0.5) is 0 Å². The second-order valence-electron chi connectivity index (χ2n) is 5.34. The normalized spacial score (nSPS) is 15.4. The van der Waals surface area contributed by atoms with Gasteiger partial charge in [0.05, 0.1) is 6.10 Å². The van der Waals surface area contributed by atoms with E-state index in [4.69, 9.17) is 13.8 Å². The molecule has 0 fully saturated rings. The zero-order valence-electron chi connectivity index (χ0n) is 15.1. The van der Waals surface area contributed by atoms with Crippen molar-refractivity contribution in [1.82, 2.24) is 5.09 Å². The zero-order chi connectivity index (χ0) is 19.0. The number of nitrogens with zero attached hydrogens (tertiary/aromatic N) is 2. The first-order valence-electron chi connectivity index (χ1n) is 7.62. The van der Waals surface area contributed by atoms with Crippen LogP contribution in [0, 0.1) is 0 Å². The topological polar surface area (TPSA) is 98.6 Å². The molecule has 8 nitrogen and oxygen atoms in total. The van der Waals surface area contributed by atoms with E-state index in [9.17, 15) is 9.36 Å². The lowest BCUT2D eigenvalue weighted by Gasteiger charge is -2.22. The number of hydrogen-bond donors (Lipinski definition) is 1. The van der Waals surface area contributed by atoms with Crippen molar-refractivity contribution in [2.45, 2.75) is 32.9 Å². The number of ether oxygens (including phenoxy) is 1. The molecule has 0 saturated heterocycles. The van der Waals surface area contributed by atoms with Crippen LogP contribution in [0.1, 0.15) is 26.3 Å². The highest BCUT2D eigenvalue weighted by Crippen LogP contribution is 2.43. The van der Waals surface area contributed by atoms with E-state index in [0.29, 0.717) is 11.6 Å².